The molecule has 0 unspecified atom stereocenters. The average molecular weight is 267 g/mol. The van der Waals surface area contributed by atoms with Gasteiger partial charge in [0, 0.05) is 32.7 Å². The highest BCUT2D eigenvalue weighted by atomic mass is 19.4. The lowest BCUT2D eigenvalue weighted by Crippen LogP contribution is -2.46. The fourth-order valence-electron chi connectivity index (χ4n) is 1.93. The lowest BCUT2D eigenvalue weighted by atomic mass is 10.3. The highest BCUT2D eigenvalue weighted by molar-refractivity contribution is 5.81. The molecule has 0 aromatic carbocycles. The van der Waals surface area contributed by atoms with Crippen molar-refractivity contribution in [3.8, 4) is 0 Å². The summed E-state index contributed by atoms with van der Waals surface area (Å²) in [4.78, 5) is 15.1. The zero-order valence-electron chi connectivity index (χ0n) is 10.6. The maximum atomic E-state index is 11.9. The van der Waals surface area contributed by atoms with Crippen LogP contribution in [0.1, 0.15) is 13.3 Å². The monoisotopic (exact) mass is 267 g/mol. The van der Waals surface area contributed by atoms with Crippen molar-refractivity contribution >= 4 is 5.91 Å². The van der Waals surface area contributed by atoms with Gasteiger partial charge in [0.25, 0.3) is 0 Å². The molecule has 1 heterocycles. The number of piperazine rings is 1. The molecule has 1 saturated heterocycles. The normalized spacial score (nSPS) is 18.9. The number of nitrogens with zero attached hydrogens (tertiary/aromatic N) is 2. The molecule has 1 amide bonds. The zero-order chi connectivity index (χ0) is 13.6. The first kappa shape index (κ1) is 15.2. The third-order valence-electron chi connectivity index (χ3n) is 3.11. The quantitative estimate of drug-likeness (QED) is 0.745. The molecule has 1 rings (SSSR count). The van der Waals surface area contributed by atoms with Gasteiger partial charge < -0.3 is 15.1 Å². The molecular formula is C11H20F3N3O. The van der Waals surface area contributed by atoms with E-state index in [2.05, 4.69) is 16.7 Å². The standard InChI is InChI=1S/C11H20F3N3O/c1-2-16-6-8-17(9-7-16)5-3-4-15-10(18)11(12,13)14/h2-9H2,1H3,(H,15,18). The first-order valence-electron chi connectivity index (χ1n) is 6.23. The van der Waals surface area contributed by atoms with Crippen LogP contribution in [0, 0.1) is 0 Å². The van der Waals surface area contributed by atoms with Crippen LogP contribution in [0.15, 0.2) is 0 Å². The fraction of sp³-hybridized carbons (Fsp3) is 0.909. The number of carbonyl (C=O) groups excluding carboxylic acids is 1. The predicted octanol–water partition coefficient (Wildman–Crippen LogP) is 0.692. The number of alkyl halides is 3. The average Bonchev–Trinajstić information content (AvgIpc) is 2.34. The Balaban J connectivity index is 2.07. The number of nitrogens with one attached hydrogen (secondary N) is 1. The molecule has 0 aromatic rings. The van der Waals surface area contributed by atoms with Crippen LogP contribution in [-0.4, -0.2) is 67.7 Å². The second kappa shape index (κ2) is 6.94. The van der Waals surface area contributed by atoms with Crippen molar-refractivity contribution in [2.75, 3.05) is 45.8 Å². The molecule has 1 N–H and O–H groups in total. The van der Waals surface area contributed by atoms with E-state index in [9.17, 15) is 18.0 Å². The van der Waals surface area contributed by atoms with Crippen LogP contribution < -0.4 is 5.32 Å². The first-order valence-corrected chi connectivity index (χ1v) is 6.23. The number of halogens is 3. The van der Waals surface area contributed by atoms with Crippen molar-refractivity contribution in [3.05, 3.63) is 0 Å². The topological polar surface area (TPSA) is 35.6 Å². The molecule has 7 heteroatoms. The molecule has 1 aliphatic rings. The minimum Gasteiger partial charge on any atom is -0.348 e. The molecule has 0 bridgehead atoms. The summed E-state index contributed by atoms with van der Waals surface area (Å²) in [5, 5.41) is 1.88. The van der Waals surface area contributed by atoms with Crippen molar-refractivity contribution in [3.63, 3.8) is 0 Å². The predicted molar refractivity (Wildman–Crippen MR) is 62.2 cm³/mol. The molecule has 4 nitrogen and oxygen atoms in total. The van der Waals surface area contributed by atoms with Gasteiger partial charge in [0.2, 0.25) is 0 Å². The van der Waals surface area contributed by atoms with E-state index in [1.807, 2.05) is 5.32 Å². The molecular weight excluding hydrogens is 247 g/mol. The number of hydrogen-bond donors (Lipinski definition) is 1. The lowest BCUT2D eigenvalue weighted by molar-refractivity contribution is -0.173. The number of likely N-dealkylation sites (N-methyl/N-ethyl adjacent to an activating group) is 1. The third kappa shape index (κ3) is 5.22. The van der Waals surface area contributed by atoms with Gasteiger partial charge in [0.15, 0.2) is 0 Å². The smallest absolute Gasteiger partial charge is 0.348 e. The maximum absolute atomic E-state index is 11.9. The zero-order valence-corrected chi connectivity index (χ0v) is 10.6. The van der Waals surface area contributed by atoms with E-state index in [1.54, 1.807) is 0 Å². The molecule has 1 aliphatic heterocycles. The van der Waals surface area contributed by atoms with Crippen LogP contribution in [0.5, 0.6) is 0 Å². The second-order valence-corrected chi connectivity index (χ2v) is 4.38. The van der Waals surface area contributed by atoms with Gasteiger partial charge in [-0.25, -0.2) is 0 Å². The van der Waals surface area contributed by atoms with Crippen LogP contribution in [0.25, 0.3) is 0 Å². The summed E-state index contributed by atoms with van der Waals surface area (Å²) in [5.74, 6) is -1.85. The minimum atomic E-state index is -4.77. The van der Waals surface area contributed by atoms with Gasteiger partial charge in [-0.15, -0.1) is 0 Å². The Morgan fingerprint density at radius 2 is 1.72 bits per heavy atom. The number of amides is 1. The van der Waals surface area contributed by atoms with E-state index in [-0.39, 0.29) is 6.54 Å². The number of rotatable bonds is 5. The fourth-order valence-corrected chi connectivity index (χ4v) is 1.93. The molecule has 0 aliphatic carbocycles. The van der Waals surface area contributed by atoms with Crippen LogP contribution in [-0.2, 0) is 4.79 Å². The van der Waals surface area contributed by atoms with Crippen molar-refractivity contribution in [2.45, 2.75) is 19.5 Å². The van der Waals surface area contributed by atoms with Crippen molar-refractivity contribution in [2.24, 2.45) is 0 Å². The Labute approximate surface area is 105 Å². The van der Waals surface area contributed by atoms with Gasteiger partial charge in [0.05, 0.1) is 0 Å². The van der Waals surface area contributed by atoms with E-state index in [4.69, 9.17) is 0 Å². The highest BCUT2D eigenvalue weighted by Gasteiger charge is 2.38. The largest absolute Gasteiger partial charge is 0.471 e. The lowest BCUT2D eigenvalue weighted by Gasteiger charge is -2.33. The Morgan fingerprint density at radius 3 is 2.22 bits per heavy atom. The van der Waals surface area contributed by atoms with Gasteiger partial charge in [-0.1, -0.05) is 6.92 Å². The summed E-state index contributed by atoms with van der Waals surface area (Å²) < 4.78 is 35.7. The molecule has 0 spiro atoms. The molecule has 0 saturated carbocycles. The molecule has 0 radical (unpaired) electrons. The van der Waals surface area contributed by atoms with Crippen LogP contribution in [0.3, 0.4) is 0 Å². The maximum Gasteiger partial charge on any atom is 0.471 e. The summed E-state index contributed by atoms with van der Waals surface area (Å²) in [6.07, 6.45) is -4.22. The van der Waals surface area contributed by atoms with Crippen LogP contribution in [0.2, 0.25) is 0 Å². The summed E-state index contributed by atoms with van der Waals surface area (Å²) in [6.45, 7) is 7.86. The summed E-state index contributed by atoms with van der Waals surface area (Å²) in [5.41, 5.74) is 0. The third-order valence-corrected chi connectivity index (χ3v) is 3.11. The molecule has 1 fully saturated rings. The second-order valence-electron chi connectivity index (χ2n) is 4.38. The van der Waals surface area contributed by atoms with Gasteiger partial charge in [-0.2, -0.15) is 13.2 Å². The van der Waals surface area contributed by atoms with Gasteiger partial charge in [0.1, 0.15) is 0 Å². The summed E-state index contributed by atoms with van der Waals surface area (Å²) >= 11 is 0. The van der Waals surface area contributed by atoms with Gasteiger partial charge in [-0.05, 0) is 19.5 Å². The van der Waals surface area contributed by atoms with Crippen molar-refractivity contribution in [1.82, 2.24) is 15.1 Å². The Hall–Kier alpha value is -0.820. The van der Waals surface area contributed by atoms with Crippen molar-refractivity contribution < 1.29 is 18.0 Å². The van der Waals surface area contributed by atoms with E-state index in [0.29, 0.717) is 6.42 Å². The number of hydrogen-bond acceptors (Lipinski definition) is 3. The molecule has 106 valence electrons. The summed E-state index contributed by atoms with van der Waals surface area (Å²) in [7, 11) is 0. The SMILES string of the molecule is CCN1CCN(CCCNC(=O)C(F)(F)F)CC1. The van der Waals surface area contributed by atoms with E-state index in [1.165, 1.54) is 0 Å². The molecule has 0 aromatic heterocycles. The Bertz CT molecular complexity index is 263. The number of carbonyl (C=O) groups is 1. The van der Waals surface area contributed by atoms with Crippen LogP contribution in [0.4, 0.5) is 13.2 Å². The Kier molecular flexibility index (Phi) is 5.87. The molecule has 0 atom stereocenters. The van der Waals surface area contributed by atoms with E-state index >= 15 is 0 Å². The van der Waals surface area contributed by atoms with Gasteiger partial charge in [-0.3, -0.25) is 4.79 Å². The van der Waals surface area contributed by atoms with E-state index < -0.39 is 12.1 Å². The highest BCUT2D eigenvalue weighted by Crippen LogP contribution is 2.13. The van der Waals surface area contributed by atoms with Crippen molar-refractivity contribution in [1.29, 1.82) is 0 Å². The van der Waals surface area contributed by atoms with Gasteiger partial charge >= 0.3 is 12.1 Å². The van der Waals surface area contributed by atoms with E-state index in [0.717, 1.165) is 39.3 Å². The Morgan fingerprint density at radius 1 is 1.17 bits per heavy atom. The van der Waals surface area contributed by atoms with Crippen LogP contribution >= 0.6 is 0 Å². The first-order chi connectivity index (χ1) is 8.43. The molecule has 18 heavy (non-hydrogen) atoms. The summed E-state index contributed by atoms with van der Waals surface area (Å²) in [6, 6.07) is 0. The minimum absolute atomic E-state index is 0.0757.